The van der Waals surface area contributed by atoms with E-state index >= 15 is 0 Å². The smallest absolute Gasteiger partial charge is 0.162 e. The Kier molecular flexibility index (Phi) is 4.16. The number of nitrogens with zero attached hydrogens (tertiary/aromatic N) is 3. The molecule has 5 nitrogen and oxygen atoms in total. The zero-order chi connectivity index (χ0) is 13.2. The van der Waals surface area contributed by atoms with Gasteiger partial charge in [0.15, 0.2) is 5.75 Å². The maximum atomic E-state index is 10.6. The third kappa shape index (κ3) is 2.30. The fraction of sp³-hybridized carbons (Fsp3) is 0.750. The lowest BCUT2D eigenvalue weighted by Crippen LogP contribution is -2.46. The van der Waals surface area contributed by atoms with Gasteiger partial charge < -0.3 is 14.7 Å². The average molecular weight is 241 g/mol. The second kappa shape index (κ2) is 5.06. The van der Waals surface area contributed by atoms with Crippen LogP contribution in [0.2, 0.25) is 0 Å². The van der Waals surface area contributed by atoms with Crippen LogP contribution in [0.3, 0.4) is 0 Å². The van der Waals surface area contributed by atoms with Crippen molar-refractivity contribution < 1.29 is 9.84 Å². The molecule has 0 radical (unpaired) electrons. The highest BCUT2D eigenvalue weighted by Gasteiger charge is 2.38. The lowest BCUT2D eigenvalue weighted by Gasteiger charge is -2.39. The molecule has 2 atom stereocenters. The van der Waals surface area contributed by atoms with Crippen molar-refractivity contribution in [2.45, 2.75) is 31.9 Å². The van der Waals surface area contributed by atoms with Gasteiger partial charge in [-0.2, -0.15) is 5.10 Å². The summed E-state index contributed by atoms with van der Waals surface area (Å²) < 4.78 is 6.91. The molecule has 1 heterocycles. The highest BCUT2D eigenvalue weighted by Crippen LogP contribution is 2.36. The minimum atomic E-state index is -0.648. The van der Waals surface area contributed by atoms with Crippen molar-refractivity contribution in [3.05, 3.63) is 11.9 Å². The van der Waals surface area contributed by atoms with Gasteiger partial charge in [0.25, 0.3) is 0 Å². The SMILES string of the molecule is CCC(C)(C(O)c1c(OC)cnn1C)N(C)C. The standard InChI is InChI=1S/C12H23N3O2/c1-7-12(2,14(3)4)11(16)10-9(17-6)8-13-15(10)5/h8,11,16H,7H2,1-6H3. The van der Waals surface area contributed by atoms with Crippen LogP contribution >= 0.6 is 0 Å². The van der Waals surface area contributed by atoms with E-state index < -0.39 is 6.10 Å². The predicted octanol–water partition coefficient (Wildman–Crippen LogP) is 1.19. The molecule has 1 aromatic heterocycles. The van der Waals surface area contributed by atoms with E-state index in [1.165, 1.54) is 0 Å². The molecule has 1 aromatic rings. The van der Waals surface area contributed by atoms with Crippen LogP contribution in [0, 0.1) is 0 Å². The fourth-order valence-electron chi connectivity index (χ4n) is 1.94. The van der Waals surface area contributed by atoms with E-state index in [4.69, 9.17) is 4.74 Å². The van der Waals surface area contributed by atoms with E-state index in [-0.39, 0.29) is 5.54 Å². The fourth-order valence-corrected chi connectivity index (χ4v) is 1.94. The third-order valence-corrected chi connectivity index (χ3v) is 3.75. The van der Waals surface area contributed by atoms with Gasteiger partial charge in [0.1, 0.15) is 11.8 Å². The second-order valence-corrected chi connectivity index (χ2v) is 4.73. The van der Waals surface area contributed by atoms with Crippen molar-refractivity contribution in [3.63, 3.8) is 0 Å². The van der Waals surface area contributed by atoms with Crippen molar-refractivity contribution >= 4 is 0 Å². The van der Waals surface area contributed by atoms with Crippen LogP contribution in [-0.4, -0.2) is 46.5 Å². The average Bonchev–Trinajstić information content (AvgIpc) is 2.67. The summed E-state index contributed by atoms with van der Waals surface area (Å²) in [6.07, 6.45) is 1.81. The van der Waals surface area contributed by atoms with E-state index in [2.05, 4.69) is 12.0 Å². The van der Waals surface area contributed by atoms with Gasteiger partial charge in [-0.15, -0.1) is 0 Å². The summed E-state index contributed by atoms with van der Waals surface area (Å²) in [6, 6.07) is 0. The molecular weight excluding hydrogens is 218 g/mol. The number of aliphatic hydroxyl groups is 1. The Morgan fingerprint density at radius 2 is 2.18 bits per heavy atom. The van der Waals surface area contributed by atoms with Crippen molar-refractivity contribution in [2.75, 3.05) is 21.2 Å². The molecule has 1 rings (SSSR count). The Morgan fingerprint density at radius 3 is 2.59 bits per heavy atom. The molecule has 98 valence electrons. The molecule has 5 heteroatoms. The maximum absolute atomic E-state index is 10.6. The number of hydrogen-bond acceptors (Lipinski definition) is 4. The molecule has 0 saturated carbocycles. The number of ether oxygens (including phenoxy) is 1. The molecule has 2 unspecified atom stereocenters. The Labute approximate surface area is 103 Å². The van der Waals surface area contributed by atoms with E-state index in [0.717, 1.165) is 6.42 Å². The zero-order valence-corrected chi connectivity index (χ0v) is 11.6. The molecule has 0 spiro atoms. The van der Waals surface area contributed by atoms with Gasteiger partial charge in [-0.25, -0.2) is 0 Å². The zero-order valence-electron chi connectivity index (χ0n) is 11.6. The van der Waals surface area contributed by atoms with Crippen LogP contribution in [0.4, 0.5) is 0 Å². The Balaban J connectivity index is 3.18. The summed E-state index contributed by atoms with van der Waals surface area (Å²) >= 11 is 0. The highest BCUT2D eigenvalue weighted by atomic mass is 16.5. The minimum absolute atomic E-state index is 0.346. The minimum Gasteiger partial charge on any atom is -0.493 e. The van der Waals surface area contributed by atoms with Gasteiger partial charge in [-0.05, 0) is 27.4 Å². The quantitative estimate of drug-likeness (QED) is 0.841. The second-order valence-electron chi connectivity index (χ2n) is 4.73. The molecule has 0 amide bonds. The molecule has 0 fully saturated rings. The van der Waals surface area contributed by atoms with E-state index in [0.29, 0.717) is 11.4 Å². The predicted molar refractivity (Wildman–Crippen MR) is 67.1 cm³/mol. The number of aryl methyl sites for hydroxylation is 1. The van der Waals surface area contributed by atoms with Crippen LogP contribution in [0.15, 0.2) is 6.20 Å². The van der Waals surface area contributed by atoms with E-state index in [9.17, 15) is 5.11 Å². The molecule has 0 aliphatic carbocycles. The first-order chi connectivity index (χ1) is 7.88. The summed E-state index contributed by atoms with van der Waals surface area (Å²) in [7, 11) is 7.34. The van der Waals surface area contributed by atoms with Crippen LogP contribution in [0.5, 0.6) is 5.75 Å². The number of methoxy groups -OCH3 is 1. The number of aliphatic hydroxyl groups excluding tert-OH is 1. The van der Waals surface area contributed by atoms with Crippen LogP contribution in [-0.2, 0) is 7.05 Å². The van der Waals surface area contributed by atoms with Gasteiger partial charge in [0.05, 0.1) is 13.3 Å². The summed E-state index contributed by atoms with van der Waals surface area (Å²) in [5.74, 6) is 0.626. The van der Waals surface area contributed by atoms with Gasteiger partial charge in [0.2, 0.25) is 0 Å². The Morgan fingerprint density at radius 1 is 1.59 bits per heavy atom. The largest absolute Gasteiger partial charge is 0.493 e. The molecule has 0 bridgehead atoms. The third-order valence-electron chi connectivity index (χ3n) is 3.75. The summed E-state index contributed by atoms with van der Waals surface area (Å²) in [4.78, 5) is 2.03. The molecule has 0 aromatic carbocycles. The topological polar surface area (TPSA) is 50.5 Å². The van der Waals surface area contributed by atoms with Crippen molar-refractivity contribution in [3.8, 4) is 5.75 Å². The van der Waals surface area contributed by atoms with Gasteiger partial charge in [-0.1, -0.05) is 6.92 Å². The molecular formula is C12H23N3O2. The Bertz CT molecular complexity index is 376. The van der Waals surface area contributed by atoms with E-state index in [1.54, 1.807) is 18.0 Å². The van der Waals surface area contributed by atoms with Crippen molar-refractivity contribution in [2.24, 2.45) is 7.05 Å². The van der Waals surface area contributed by atoms with Gasteiger partial charge >= 0.3 is 0 Å². The van der Waals surface area contributed by atoms with Crippen LogP contribution in [0.1, 0.15) is 32.1 Å². The summed E-state index contributed by atoms with van der Waals surface area (Å²) in [6.45, 7) is 4.09. The molecule has 0 aliphatic rings. The number of rotatable bonds is 5. The maximum Gasteiger partial charge on any atom is 0.162 e. The lowest BCUT2D eigenvalue weighted by atomic mass is 9.88. The van der Waals surface area contributed by atoms with Crippen molar-refractivity contribution in [1.82, 2.24) is 14.7 Å². The normalized spacial score (nSPS) is 16.9. The number of hydrogen-bond donors (Lipinski definition) is 1. The summed E-state index contributed by atoms with van der Waals surface area (Å²) in [5.41, 5.74) is 0.367. The monoisotopic (exact) mass is 241 g/mol. The molecule has 1 N–H and O–H groups in total. The number of aromatic nitrogens is 2. The molecule has 0 aliphatic heterocycles. The summed E-state index contributed by atoms with van der Waals surface area (Å²) in [5, 5.41) is 14.7. The highest BCUT2D eigenvalue weighted by molar-refractivity contribution is 5.29. The Hall–Kier alpha value is -1.07. The van der Waals surface area contributed by atoms with Crippen molar-refractivity contribution in [1.29, 1.82) is 0 Å². The van der Waals surface area contributed by atoms with Gasteiger partial charge in [0, 0.05) is 12.6 Å². The first-order valence-corrected chi connectivity index (χ1v) is 5.79. The first kappa shape index (κ1) is 14.0. The van der Waals surface area contributed by atoms with Crippen LogP contribution < -0.4 is 4.74 Å². The lowest BCUT2D eigenvalue weighted by molar-refractivity contribution is -0.00519. The van der Waals surface area contributed by atoms with Gasteiger partial charge in [-0.3, -0.25) is 4.68 Å². The van der Waals surface area contributed by atoms with Crippen LogP contribution in [0.25, 0.3) is 0 Å². The molecule has 0 saturated heterocycles. The first-order valence-electron chi connectivity index (χ1n) is 5.79. The molecule has 17 heavy (non-hydrogen) atoms. The number of likely N-dealkylation sites (N-methyl/N-ethyl adjacent to an activating group) is 1. The van der Waals surface area contributed by atoms with E-state index in [1.807, 2.05) is 33.0 Å².